The number of hydrogen-bond acceptors (Lipinski definition) is 7. The first kappa shape index (κ1) is 71.3. The number of rotatable bonds is 29. The molecule has 1 N–H and O–H groups in total. The van der Waals surface area contributed by atoms with E-state index in [2.05, 4.69) is 269 Å². The molecule has 2 aromatic carbocycles. The van der Waals surface area contributed by atoms with Gasteiger partial charge in [-0.05, 0) is 138 Å². The predicted molar refractivity (Wildman–Crippen MR) is 347 cm³/mol. The molecule has 0 saturated carbocycles. The predicted octanol–water partition coefficient (Wildman–Crippen LogP) is 17.6. The molecule has 0 fully saturated rings. The summed E-state index contributed by atoms with van der Waals surface area (Å²) in [6.45, 7) is 66.6. The van der Waals surface area contributed by atoms with Crippen LogP contribution in [0.4, 0.5) is 0 Å². The molecule has 0 aromatic heterocycles. The van der Waals surface area contributed by atoms with Gasteiger partial charge < -0.3 is 27.2 Å². The second kappa shape index (κ2) is 28.0. The van der Waals surface area contributed by atoms with E-state index in [0.717, 1.165) is 24.0 Å². The Labute approximate surface area is 480 Å². The largest absolute Gasteiger partial charge is 0.414 e. The Balaban J connectivity index is 2.39. The van der Waals surface area contributed by atoms with Crippen molar-refractivity contribution in [2.24, 2.45) is 17.8 Å². The average Bonchev–Trinajstić information content (AvgIpc) is 3.26. The maximum Gasteiger partial charge on any atom is 0.261 e. The molecule has 0 radical (unpaired) electrons. The van der Waals surface area contributed by atoms with Crippen molar-refractivity contribution < 1.29 is 32.0 Å². The molecule has 77 heavy (non-hydrogen) atoms. The topological polar surface area (TPSA) is 83.5 Å². The van der Waals surface area contributed by atoms with E-state index < -0.39 is 59.9 Å². The minimum atomic E-state index is -2.60. The summed E-state index contributed by atoms with van der Waals surface area (Å²) in [6.07, 6.45) is 7.08. The first-order valence-corrected chi connectivity index (χ1v) is 42.9. The van der Waals surface area contributed by atoms with Crippen molar-refractivity contribution in [3.8, 4) is 0 Å². The van der Waals surface area contributed by atoms with Crippen molar-refractivity contribution >= 4 is 57.7 Å². The van der Waals surface area contributed by atoms with E-state index in [1.807, 2.05) is 0 Å². The van der Waals surface area contributed by atoms with Crippen LogP contribution in [-0.2, 0) is 26.9 Å². The monoisotopic (exact) mass is 1150 g/mol. The van der Waals surface area contributed by atoms with Gasteiger partial charge in [0.05, 0.1) is 31.5 Å². The van der Waals surface area contributed by atoms with Gasteiger partial charge in [0.2, 0.25) is 0 Å². The summed E-state index contributed by atoms with van der Waals surface area (Å²) in [5, 5.41) is 14.2. The highest BCUT2D eigenvalue weighted by Gasteiger charge is 2.51. The Morgan fingerprint density at radius 3 is 1.47 bits per heavy atom. The minimum Gasteiger partial charge on any atom is -0.414 e. The number of carbonyl (C=O) groups excluding carboxylic acids is 1. The van der Waals surface area contributed by atoms with Gasteiger partial charge in [0.15, 0.2) is 39.1 Å². The molecule has 0 aliphatic rings. The molecule has 2 aromatic rings. The molecule has 0 unspecified atom stereocenters. The van der Waals surface area contributed by atoms with Crippen LogP contribution in [0, 0.1) is 17.8 Å². The third kappa shape index (κ3) is 20.5. The summed E-state index contributed by atoms with van der Waals surface area (Å²) in [7, 11) is -12.0. The highest BCUT2D eigenvalue weighted by molar-refractivity contribution is 6.99. The zero-order valence-corrected chi connectivity index (χ0v) is 59.6. The Hall–Kier alpha value is -1.83. The molecule has 0 heterocycles. The van der Waals surface area contributed by atoms with Gasteiger partial charge in [-0.1, -0.05) is 221 Å². The number of benzene rings is 2. The summed E-state index contributed by atoms with van der Waals surface area (Å²) < 4.78 is 36.2. The van der Waals surface area contributed by atoms with Crippen molar-refractivity contribution in [1.29, 1.82) is 0 Å². The SMILES string of the molecule is C=C(/C=C(\C)[C@@H](C)C[C@H](O)CC(=O)[C@H](O[Si](C)(C)C(C)(C)C)[C@@H](O[Si](C)(C)C(C)(C)C)[C@H](C)C[C@H](CO[Si](C)(C)C(C)(C)C)O[Si](C)(C)C(C)(C)C)C[C@@H](C)C/C=C/CO[Si](c1ccccc1)(c1ccccc1)C(C)(C)C. The fraction of sp³-hybridized carbons (Fsp3) is 0.708. The Morgan fingerprint density at radius 2 is 1.03 bits per heavy atom. The van der Waals surface area contributed by atoms with Crippen molar-refractivity contribution in [3.63, 3.8) is 0 Å². The molecule has 0 aliphatic carbocycles. The minimum absolute atomic E-state index is 0.00162. The fourth-order valence-corrected chi connectivity index (χ4v) is 18.6. The molecule has 0 spiro atoms. The number of aliphatic hydroxyl groups is 1. The van der Waals surface area contributed by atoms with E-state index in [4.69, 9.17) is 22.1 Å². The zero-order chi connectivity index (χ0) is 59.6. The number of carbonyl (C=O) groups is 1. The van der Waals surface area contributed by atoms with E-state index in [1.54, 1.807) is 0 Å². The summed E-state index contributed by atoms with van der Waals surface area (Å²) in [5.74, 6) is 0.215. The van der Waals surface area contributed by atoms with Crippen molar-refractivity contribution in [2.75, 3.05) is 13.2 Å². The van der Waals surface area contributed by atoms with Gasteiger partial charge in [-0.25, -0.2) is 0 Å². The molecule has 0 aliphatic heterocycles. The molecule has 7 nitrogen and oxygen atoms in total. The van der Waals surface area contributed by atoms with Gasteiger partial charge in [0.25, 0.3) is 8.32 Å². The Bertz CT molecular complexity index is 2140. The van der Waals surface area contributed by atoms with Gasteiger partial charge in [0, 0.05) is 6.42 Å². The third-order valence-corrected chi connectivity index (χ3v) is 41.3. The second-order valence-electron chi connectivity index (χ2n) is 30.4. The molecule has 440 valence electrons. The van der Waals surface area contributed by atoms with Crippen molar-refractivity contribution in [3.05, 3.63) is 96.6 Å². The van der Waals surface area contributed by atoms with E-state index >= 15 is 4.79 Å². The van der Waals surface area contributed by atoms with E-state index in [1.165, 1.54) is 10.4 Å². The van der Waals surface area contributed by atoms with Crippen LogP contribution in [-0.4, -0.2) is 90.1 Å². The molecular formula is C65H118O7Si5. The smallest absolute Gasteiger partial charge is 0.261 e. The fourth-order valence-electron chi connectivity index (χ4n) is 9.02. The van der Waals surface area contributed by atoms with Crippen LogP contribution in [0.5, 0.6) is 0 Å². The standard InChI is InChI=1S/C65H118O7Si5/c1-49(37-35-36-42-68-77(65(18,19)20,56-38-31-29-32-39-56)57-40-33-30-34-41-57)43-50(2)44-51(3)52(4)45-54(66)47-58(67)60(72-76(27,28)64(15,16)17)59(71-75(25,26)63(12,13)14)53(5)46-55(70-74(23,24)62(9,10)11)48-69-73(21,22)61(6,7)8/h29-36,38-41,44,49,52-55,59-60,66H,2,37,42-43,45-48H2,1,3-28H3/b36-35+,51-44+/t49-,52-,53+,54-,55+,59-,60-/m0/s1. The molecule has 0 saturated heterocycles. The quantitative estimate of drug-likeness (QED) is 0.0494. The molecule has 0 bridgehead atoms. The van der Waals surface area contributed by atoms with Gasteiger partial charge >= 0.3 is 0 Å². The normalized spacial score (nSPS) is 17.2. The van der Waals surface area contributed by atoms with Crippen LogP contribution in [0.25, 0.3) is 0 Å². The summed E-state index contributed by atoms with van der Waals surface area (Å²) in [6, 6.07) is 21.6. The van der Waals surface area contributed by atoms with Crippen LogP contribution in [0.15, 0.2) is 96.6 Å². The van der Waals surface area contributed by atoms with Gasteiger partial charge in [-0.15, -0.1) is 0 Å². The number of hydrogen-bond donors (Lipinski definition) is 1. The highest BCUT2D eigenvalue weighted by atomic mass is 28.4. The lowest BCUT2D eigenvalue weighted by Gasteiger charge is -2.47. The van der Waals surface area contributed by atoms with E-state index in [9.17, 15) is 5.11 Å². The average molecular weight is 1150 g/mol. The number of Topliss-reactive ketones (excluding diaryl/α,β-unsaturated/α-hetero) is 1. The van der Waals surface area contributed by atoms with Crippen LogP contribution >= 0.6 is 0 Å². The van der Waals surface area contributed by atoms with Crippen LogP contribution in [0.2, 0.25) is 77.6 Å². The first-order valence-electron chi connectivity index (χ1n) is 29.4. The van der Waals surface area contributed by atoms with Crippen LogP contribution in [0.1, 0.15) is 164 Å². The first-order chi connectivity index (χ1) is 34.7. The third-order valence-electron chi connectivity index (χ3n) is 18.4. The van der Waals surface area contributed by atoms with E-state index in [0.29, 0.717) is 32.0 Å². The molecule has 0 amide bonds. The van der Waals surface area contributed by atoms with Gasteiger partial charge in [-0.3, -0.25) is 4.79 Å². The molecule has 2 rings (SSSR count). The molecule has 12 heteroatoms. The zero-order valence-electron chi connectivity index (χ0n) is 54.6. The number of aliphatic hydroxyl groups excluding tert-OH is 1. The van der Waals surface area contributed by atoms with Crippen molar-refractivity contribution in [1.82, 2.24) is 0 Å². The summed E-state index contributed by atoms with van der Waals surface area (Å²) in [5.41, 5.74) is 2.22. The van der Waals surface area contributed by atoms with Crippen LogP contribution in [0.3, 0.4) is 0 Å². The lowest BCUT2D eigenvalue weighted by atomic mass is 9.88. The summed E-state index contributed by atoms with van der Waals surface area (Å²) >= 11 is 0. The van der Waals surface area contributed by atoms with Crippen molar-refractivity contribution in [2.45, 2.75) is 266 Å². The van der Waals surface area contributed by atoms with E-state index in [-0.39, 0.29) is 55.3 Å². The Kier molecular flexibility index (Phi) is 25.9. The lowest BCUT2D eigenvalue weighted by molar-refractivity contribution is -0.135. The van der Waals surface area contributed by atoms with Gasteiger partial charge in [0.1, 0.15) is 6.10 Å². The lowest BCUT2D eigenvalue weighted by Crippen LogP contribution is -2.66. The van der Waals surface area contributed by atoms with Crippen LogP contribution < -0.4 is 10.4 Å². The Morgan fingerprint density at radius 1 is 0.584 bits per heavy atom. The number of ketones is 1. The summed E-state index contributed by atoms with van der Waals surface area (Å²) in [4.78, 5) is 15.2. The van der Waals surface area contributed by atoms with Gasteiger partial charge in [-0.2, -0.15) is 0 Å². The molecular weight excluding hydrogens is 1030 g/mol. The maximum atomic E-state index is 15.2. The highest BCUT2D eigenvalue weighted by Crippen LogP contribution is 2.45. The maximum absolute atomic E-state index is 15.2. The molecule has 7 atom stereocenters. The number of allylic oxidation sites excluding steroid dienone is 4. The second-order valence-corrected chi connectivity index (χ2v) is 53.8.